The number of aromatic nitrogens is 6. The monoisotopic (exact) mass is 470 g/mol. The number of fused-ring (bicyclic) bond motifs is 2. The molecule has 0 unspecified atom stereocenters. The van der Waals surface area contributed by atoms with E-state index in [1.165, 1.54) is 12.0 Å². The lowest BCUT2D eigenvalue weighted by Crippen LogP contribution is -2.31. The minimum atomic E-state index is 0.308. The molecule has 0 aliphatic carbocycles. The zero-order valence-electron chi connectivity index (χ0n) is 20.5. The molecule has 0 bridgehead atoms. The molecule has 1 atom stereocenters. The highest BCUT2D eigenvalue weighted by atomic mass is 16.4. The van der Waals surface area contributed by atoms with Gasteiger partial charge in [-0.05, 0) is 56.3 Å². The fourth-order valence-electron chi connectivity index (χ4n) is 5.23. The number of hydrogen-bond donors (Lipinski definition) is 2. The van der Waals surface area contributed by atoms with E-state index >= 15 is 0 Å². The largest absolute Gasteiger partial charge is 0.419 e. The van der Waals surface area contributed by atoms with Crippen LogP contribution >= 0.6 is 0 Å². The highest BCUT2D eigenvalue weighted by molar-refractivity contribution is 5.99. The smallest absolute Gasteiger partial charge is 0.247 e. The number of hydrogen-bond acceptors (Lipinski definition) is 7. The van der Waals surface area contributed by atoms with Crippen LogP contribution in [-0.2, 0) is 6.54 Å². The van der Waals surface area contributed by atoms with Crippen LogP contribution < -0.4 is 0 Å². The number of aromatic amines is 2. The van der Waals surface area contributed by atoms with Crippen LogP contribution in [0, 0.1) is 0 Å². The third-order valence-electron chi connectivity index (χ3n) is 7.09. The van der Waals surface area contributed by atoms with Gasteiger partial charge in [0, 0.05) is 52.7 Å². The van der Waals surface area contributed by atoms with Gasteiger partial charge < -0.3 is 14.3 Å². The van der Waals surface area contributed by atoms with E-state index < -0.39 is 0 Å². The van der Waals surface area contributed by atoms with Crippen molar-refractivity contribution in [3.8, 4) is 22.7 Å². The highest BCUT2D eigenvalue weighted by Crippen LogP contribution is 2.39. The minimum Gasteiger partial charge on any atom is -0.419 e. The maximum absolute atomic E-state index is 6.11. The highest BCUT2D eigenvalue weighted by Gasteiger charge is 2.25. The maximum Gasteiger partial charge on any atom is 0.247 e. The molecule has 9 heteroatoms. The second-order valence-electron chi connectivity index (χ2n) is 9.96. The molecule has 0 spiro atoms. The van der Waals surface area contributed by atoms with E-state index in [-0.39, 0.29) is 0 Å². The zero-order chi connectivity index (χ0) is 24.1. The van der Waals surface area contributed by atoms with E-state index in [4.69, 9.17) is 4.42 Å². The molecule has 1 aliphatic rings. The summed E-state index contributed by atoms with van der Waals surface area (Å²) in [6, 6.07) is 8.93. The first-order chi connectivity index (χ1) is 17.0. The molecule has 0 amide bonds. The van der Waals surface area contributed by atoms with Crippen molar-refractivity contribution >= 4 is 21.9 Å². The number of likely N-dealkylation sites (N-methyl/N-ethyl adjacent to an activating group) is 1. The standard InChI is InChI=1S/C26H30N8O/c1-15(2)23-19-11-16(26-32-30-22(35-26)14-34-10-8-17(13-34)33(3)4)5-6-21(19)29-24(23)18-7-9-27-25-20(18)12-28-31-25/h5-7,9,11-12,15,17,29H,8,10,13-14H2,1-4H3,(H,27,28,31)/t17-/m1/s1. The lowest BCUT2D eigenvalue weighted by molar-refractivity contribution is 0.249. The van der Waals surface area contributed by atoms with Crippen molar-refractivity contribution in [3.05, 3.63) is 48.1 Å². The van der Waals surface area contributed by atoms with Gasteiger partial charge in [0.2, 0.25) is 11.8 Å². The number of likely N-dealkylation sites (tertiary alicyclic amines) is 1. The molecular formula is C26H30N8O. The van der Waals surface area contributed by atoms with Crippen LogP contribution in [0.1, 0.15) is 37.6 Å². The van der Waals surface area contributed by atoms with Crippen molar-refractivity contribution in [1.29, 1.82) is 0 Å². The third kappa shape index (κ3) is 3.90. The maximum atomic E-state index is 6.11. The predicted molar refractivity (Wildman–Crippen MR) is 136 cm³/mol. The summed E-state index contributed by atoms with van der Waals surface area (Å²) >= 11 is 0. The van der Waals surface area contributed by atoms with E-state index in [0.29, 0.717) is 30.3 Å². The fraction of sp³-hybridized carbons (Fsp3) is 0.385. The number of pyridine rings is 1. The van der Waals surface area contributed by atoms with Crippen LogP contribution in [0.15, 0.2) is 41.1 Å². The number of nitrogens with zero attached hydrogens (tertiary/aromatic N) is 6. The van der Waals surface area contributed by atoms with Crippen molar-refractivity contribution in [3.63, 3.8) is 0 Å². The Bertz CT molecular complexity index is 1490. The van der Waals surface area contributed by atoms with E-state index in [9.17, 15) is 0 Å². The van der Waals surface area contributed by atoms with E-state index in [2.05, 4.69) is 80.2 Å². The molecule has 6 rings (SSSR count). The number of benzene rings is 1. The molecule has 0 saturated carbocycles. The average Bonchev–Trinajstić information content (AvgIpc) is 3.63. The van der Waals surface area contributed by atoms with Crippen molar-refractivity contribution in [2.75, 3.05) is 27.2 Å². The zero-order valence-corrected chi connectivity index (χ0v) is 20.5. The number of H-pyrrole nitrogens is 2. The molecule has 5 heterocycles. The Hall–Kier alpha value is -3.56. The van der Waals surface area contributed by atoms with Crippen LogP contribution in [0.2, 0.25) is 0 Å². The Morgan fingerprint density at radius 3 is 2.86 bits per heavy atom. The Kier molecular flexibility index (Phi) is 5.38. The summed E-state index contributed by atoms with van der Waals surface area (Å²) in [7, 11) is 4.28. The lowest BCUT2D eigenvalue weighted by atomic mass is 9.95. The Labute approximate surface area is 203 Å². The molecule has 1 aliphatic heterocycles. The van der Waals surface area contributed by atoms with Gasteiger partial charge in [-0.25, -0.2) is 4.98 Å². The molecule has 1 aromatic carbocycles. The molecule has 4 aromatic heterocycles. The molecule has 0 radical (unpaired) electrons. The van der Waals surface area contributed by atoms with Crippen LogP contribution in [0.25, 0.3) is 44.6 Å². The van der Waals surface area contributed by atoms with Gasteiger partial charge in [-0.15, -0.1) is 10.2 Å². The molecule has 9 nitrogen and oxygen atoms in total. The third-order valence-corrected chi connectivity index (χ3v) is 7.09. The summed E-state index contributed by atoms with van der Waals surface area (Å²) in [6.07, 6.45) is 4.82. The number of nitrogens with one attached hydrogen (secondary N) is 2. The summed E-state index contributed by atoms with van der Waals surface area (Å²) in [5, 5.41) is 18.0. The van der Waals surface area contributed by atoms with E-state index in [1.54, 1.807) is 0 Å². The summed E-state index contributed by atoms with van der Waals surface area (Å²) < 4.78 is 6.11. The van der Waals surface area contributed by atoms with Crippen molar-refractivity contribution in [1.82, 2.24) is 40.2 Å². The molecule has 1 saturated heterocycles. The molecule has 5 aromatic rings. The topological polar surface area (TPSA) is 103 Å². The van der Waals surface area contributed by atoms with E-state index in [1.807, 2.05) is 24.5 Å². The Morgan fingerprint density at radius 1 is 1.17 bits per heavy atom. The van der Waals surface area contributed by atoms with Crippen LogP contribution in [0.5, 0.6) is 0 Å². The van der Waals surface area contributed by atoms with Crippen LogP contribution in [0.3, 0.4) is 0 Å². The Morgan fingerprint density at radius 2 is 2.06 bits per heavy atom. The predicted octanol–water partition coefficient (Wildman–Crippen LogP) is 4.42. The summed E-state index contributed by atoms with van der Waals surface area (Å²) in [4.78, 5) is 12.7. The van der Waals surface area contributed by atoms with Gasteiger partial charge >= 0.3 is 0 Å². The second kappa shape index (κ2) is 8.58. The SMILES string of the molecule is CC(C)c1c(-c2ccnc3[nH]ncc23)[nH]c2ccc(-c3nnc(CN4CC[C@@H](N(C)C)C4)o3)cc12. The van der Waals surface area contributed by atoms with Crippen molar-refractivity contribution < 1.29 is 4.42 Å². The van der Waals surface area contributed by atoms with Gasteiger partial charge in [0.25, 0.3) is 0 Å². The molecule has 1 fully saturated rings. The van der Waals surface area contributed by atoms with E-state index in [0.717, 1.165) is 51.8 Å². The van der Waals surface area contributed by atoms with Gasteiger partial charge in [-0.1, -0.05) is 13.8 Å². The molecule has 180 valence electrons. The number of rotatable bonds is 6. The first kappa shape index (κ1) is 21.9. The van der Waals surface area contributed by atoms with Gasteiger partial charge in [0.15, 0.2) is 5.65 Å². The van der Waals surface area contributed by atoms with Crippen LogP contribution in [0.4, 0.5) is 0 Å². The summed E-state index contributed by atoms with van der Waals surface area (Å²) in [6.45, 7) is 7.20. The van der Waals surface area contributed by atoms with Gasteiger partial charge in [0.05, 0.1) is 18.4 Å². The first-order valence-electron chi connectivity index (χ1n) is 12.1. The van der Waals surface area contributed by atoms with Gasteiger partial charge in [-0.3, -0.25) is 10.00 Å². The normalized spacial score (nSPS) is 17.0. The lowest BCUT2D eigenvalue weighted by Gasteiger charge is -2.19. The van der Waals surface area contributed by atoms with Crippen LogP contribution in [-0.4, -0.2) is 73.4 Å². The molecular weight excluding hydrogens is 440 g/mol. The molecule has 35 heavy (non-hydrogen) atoms. The summed E-state index contributed by atoms with van der Waals surface area (Å²) in [5.41, 5.74) is 6.22. The minimum absolute atomic E-state index is 0.308. The second-order valence-corrected chi connectivity index (χ2v) is 9.96. The van der Waals surface area contributed by atoms with Crippen molar-refractivity contribution in [2.24, 2.45) is 0 Å². The van der Waals surface area contributed by atoms with Gasteiger partial charge in [0.1, 0.15) is 0 Å². The van der Waals surface area contributed by atoms with Crippen molar-refractivity contribution in [2.45, 2.75) is 38.8 Å². The molecule has 2 N–H and O–H groups in total. The Balaban J connectivity index is 1.34. The quantitative estimate of drug-likeness (QED) is 0.379. The average molecular weight is 471 g/mol. The summed E-state index contributed by atoms with van der Waals surface area (Å²) in [5.74, 6) is 1.53. The van der Waals surface area contributed by atoms with Gasteiger partial charge in [-0.2, -0.15) is 5.10 Å². The first-order valence-corrected chi connectivity index (χ1v) is 12.1. The fourth-order valence-corrected chi connectivity index (χ4v) is 5.23.